The minimum Gasteiger partial charge on any atom is -0.465 e. The van der Waals surface area contributed by atoms with E-state index >= 15 is 0 Å². The molecule has 2 heterocycles. The predicted molar refractivity (Wildman–Crippen MR) is 119 cm³/mol. The SMILES string of the molecule is CCOC(=O)[C@H]1CCCCN1CC(=O)N1N=C(c2ccccc2F)C[C@@H]1c1ccccc1. The topological polar surface area (TPSA) is 62.2 Å². The molecule has 6 nitrogen and oxygen atoms in total. The summed E-state index contributed by atoms with van der Waals surface area (Å²) in [5.41, 5.74) is 1.90. The molecule has 4 rings (SSSR count). The van der Waals surface area contributed by atoms with Gasteiger partial charge in [-0.05, 0) is 37.9 Å². The molecule has 168 valence electrons. The van der Waals surface area contributed by atoms with Crippen LogP contribution in [-0.4, -0.2) is 53.2 Å². The largest absolute Gasteiger partial charge is 0.465 e. The average Bonchev–Trinajstić information content (AvgIpc) is 3.26. The van der Waals surface area contributed by atoms with Crippen molar-refractivity contribution < 1.29 is 18.7 Å². The molecule has 1 amide bonds. The Bertz CT molecular complexity index is 995. The number of hydrazone groups is 1. The number of piperidine rings is 1. The van der Waals surface area contributed by atoms with Crippen LogP contribution in [0.2, 0.25) is 0 Å². The van der Waals surface area contributed by atoms with Gasteiger partial charge in [-0.15, -0.1) is 0 Å². The maximum atomic E-state index is 14.4. The molecule has 0 unspecified atom stereocenters. The maximum Gasteiger partial charge on any atom is 0.323 e. The Morgan fingerprint density at radius 2 is 1.84 bits per heavy atom. The number of halogens is 1. The van der Waals surface area contributed by atoms with Crippen LogP contribution < -0.4 is 0 Å². The Morgan fingerprint density at radius 3 is 2.59 bits per heavy atom. The molecule has 0 aliphatic carbocycles. The van der Waals surface area contributed by atoms with Gasteiger partial charge in [-0.25, -0.2) is 9.40 Å². The van der Waals surface area contributed by atoms with Gasteiger partial charge in [0.05, 0.1) is 24.9 Å². The zero-order valence-corrected chi connectivity index (χ0v) is 18.2. The van der Waals surface area contributed by atoms with Crippen molar-refractivity contribution in [3.05, 3.63) is 71.5 Å². The molecule has 2 aromatic carbocycles. The van der Waals surface area contributed by atoms with Crippen LogP contribution in [0.3, 0.4) is 0 Å². The van der Waals surface area contributed by atoms with Crippen LogP contribution in [0.25, 0.3) is 0 Å². The number of benzene rings is 2. The standard InChI is InChI=1S/C25H28FN3O3/c1-2-32-25(31)22-14-8-9-15-28(22)17-24(30)29-23(18-10-4-3-5-11-18)16-21(27-29)19-12-6-7-13-20(19)26/h3-7,10-13,22-23H,2,8-9,14-17H2,1H3/t22-,23-/m1/s1. The van der Waals surface area contributed by atoms with Crippen LogP contribution in [0, 0.1) is 5.82 Å². The summed E-state index contributed by atoms with van der Waals surface area (Å²) in [6.07, 6.45) is 2.96. The van der Waals surface area contributed by atoms with Crippen molar-refractivity contribution in [1.82, 2.24) is 9.91 Å². The van der Waals surface area contributed by atoms with Crippen LogP contribution in [0.5, 0.6) is 0 Å². The number of esters is 1. The minimum atomic E-state index is -0.416. The second kappa shape index (κ2) is 10.0. The first-order valence-electron chi connectivity index (χ1n) is 11.2. The van der Waals surface area contributed by atoms with Crippen LogP contribution in [0.1, 0.15) is 49.8 Å². The summed E-state index contributed by atoms with van der Waals surface area (Å²) in [4.78, 5) is 27.7. The van der Waals surface area contributed by atoms with Gasteiger partial charge < -0.3 is 4.74 Å². The number of carbonyl (C=O) groups is 2. The van der Waals surface area contributed by atoms with Crippen molar-refractivity contribution in [2.45, 2.75) is 44.7 Å². The quantitative estimate of drug-likeness (QED) is 0.643. The molecule has 32 heavy (non-hydrogen) atoms. The summed E-state index contributed by atoms with van der Waals surface area (Å²) in [5, 5.41) is 6.03. The Labute approximate surface area is 187 Å². The monoisotopic (exact) mass is 437 g/mol. The van der Waals surface area contributed by atoms with Gasteiger partial charge in [0, 0.05) is 12.0 Å². The molecule has 0 bridgehead atoms. The normalized spacial score (nSPS) is 21.3. The lowest BCUT2D eigenvalue weighted by Gasteiger charge is -2.34. The molecule has 2 aliphatic rings. The van der Waals surface area contributed by atoms with Gasteiger partial charge in [-0.1, -0.05) is 55.0 Å². The smallest absolute Gasteiger partial charge is 0.323 e. The highest BCUT2D eigenvalue weighted by molar-refractivity contribution is 6.03. The van der Waals surface area contributed by atoms with Gasteiger partial charge in [0.2, 0.25) is 0 Å². The van der Waals surface area contributed by atoms with Crippen molar-refractivity contribution in [2.24, 2.45) is 5.10 Å². The third kappa shape index (κ3) is 4.72. The first kappa shape index (κ1) is 22.1. The molecule has 0 spiro atoms. The molecule has 2 aromatic rings. The average molecular weight is 438 g/mol. The summed E-state index contributed by atoms with van der Waals surface area (Å²) in [7, 11) is 0. The van der Waals surface area contributed by atoms with E-state index in [1.165, 1.54) is 11.1 Å². The fourth-order valence-corrected chi connectivity index (χ4v) is 4.46. The molecular formula is C25H28FN3O3. The van der Waals surface area contributed by atoms with Crippen LogP contribution in [-0.2, 0) is 14.3 Å². The first-order chi connectivity index (χ1) is 15.6. The fourth-order valence-electron chi connectivity index (χ4n) is 4.46. The Balaban J connectivity index is 1.59. The van der Waals surface area contributed by atoms with Crippen molar-refractivity contribution in [1.29, 1.82) is 0 Å². The number of hydrogen-bond donors (Lipinski definition) is 0. The van der Waals surface area contributed by atoms with E-state index in [4.69, 9.17) is 4.74 Å². The molecule has 0 saturated carbocycles. The zero-order valence-electron chi connectivity index (χ0n) is 18.2. The molecular weight excluding hydrogens is 409 g/mol. The van der Waals surface area contributed by atoms with Gasteiger partial charge in [0.1, 0.15) is 11.9 Å². The Kier molecular flexibility index (Phi) is 6.95. The number of hydrogen-bond acceptors (Lipinski definition) is 5. The molecule has 2 atom stereocenters. The second-order valence-electron chi connectivity index (χ2n) is 8.13. The third-order valence-electron chi connectivity index (χ3n) is 6.05. The molecule has 1 saturated heterocycles. The lowest BCUT2D eigenvalue weighted by Crippen LogP contribution is -2.49. The molecule has 7 heteroatoms. The van der Waals surface area contributed by atoms with E-state index in [9.17, 15) is 14.0 Å². The Hall–Kier alpha value is -3.06. The highest BCUT2D eigenvalue weighted by atomic mass is 19.1. The summed E-state index contributed by atoms with van der Waals surface area (Å²) in [5.74, 6) is -0.844. The summed E-state index contributed by atoms with van der Waals surface area (Å²) in [6.45, 7) is 2.82. The summed E-state index contributed by atoms with van der Waals surface area (Å²) >= 11 is 0. The first-order valence-corrected chi connectivity index (χ1v) is 11.2. The Morgan fingerprint density at radius 1 is 1.09 bits per heavy atom. The van der Waals surface area contributed by atoms with E-state index in [0.717, 1.165) is 18.4 Å². The number of amides is 1. The predicted octanol–water partition coefficient (Wildman–Crippen LogP) is 3.92. The van der Waals surface area contributed by atoms with Crippen molar-refractivity contribution >= 4 is 17.6 Å². The van der Waals surface area contributed by atoms with E-state index in [1.54, 1.807) is 25.1 Å². The van der Waals surface area contributed by atoms with E-state index < -0.39 is 6.04 Å². The van der Waals surface area contributed by atoms with Crippen LogP contribution >= 0.6 is 0 Å². The van der Waals surface area contributed by atoms with E-state index in [1.807, 2.05) is 35.2 Å². The van der Waals surface area contributed by atoms with Crippen molar-refractivity contribution in [2.75, 3.05) is 19.7 Å². The van der Waals surface area contributed by atoms with Gasteiger partial charge >= 0.3 is 5.97 Å². The number of ether oxygens (including phenoxy) is 1. The molecule has 2 aliphatic heterocycles. The highest BCUT2D eigenvalue weighted by Gasteiger charge is 2.37. The van der Waals surface area contributed by atoms with E-state index in [-0.39, 0.29) is 30.3 Å². The van der Waals surface area contributed by atoms with E-state index in [0.29, 0.717) is 37.3 Å². The molecule has 0 aromatic heterocycles. The fraction of sp³-hybridized carbons (Fsp3) is 0.400. The van der Waals surface area contributed by atoms with E-state index in [2.05, 4.69) is 5.10 Å². The second-order valence-corrected chi connectivity index (χ2v) is 8.13. The van der Waals surface area contributed by atoms with Crippen LogP contribution in [0.15, 0.2) is 59.7 Å². The number of nitrogens with zero attached hydrogens (tertiary/aromatic N) is 3. The van der Waals surface area contributed by atoms with Crippen molar-refractivity contribution in [3.63, 3.8) is 0 Å². The zero-order chi connectivity index (χ0) is 22.5. The highest BCUT2D eigenvalue weighted by Crippen LogP contribution is 2.33. The summed E-state index contributed by atoms with van der Waals surface area (Å²) < 4.78 is 19.7. The van der Waals surface area contributed by atoms with Crippen molar-refractivity contribution in [3.8, 4) is 0 Å². The molecule has 1 fully saturated rings. The lowest BCUT2D eigenvalue weighted by atomic mass is 9.98. The molecule has 0 radical (unpaired) electrons. The van der Waals surface area contributed by atoms with Gasteiger partial charge in [-0.2, -0.15) is 5.10 Å². The molecule has 0 N–H and O–H groups in total. The number of carbonyl (C=O) groups excluding carboxylic acids is 2. The van der Waals surface area contributed by atoms with Gasteiger partial charge in [-0.3, -0.25) is 14.5 Å². The minimum absolute atomic E-state index is 0.0703. The third-order valence-corrected chi connectivity index (χ3v) is 6.05. The summed E-state index contributed by atoms with van der Waals surface area (Å²) in [6, 6.07) is 15.4. The van der Waals surface area contributed by atoms with Crippen LogP contribution in [0.4, 0.5) is 4.39 Å². The number of rotatable bonds is 6. The van der Waals surface area contributed by atoms with Gasteiger partial charge in [0.15, 0.2) is 0 Å². The number of likely N-dealkylation sites (tertiary alicyclic amines) is 1. The lowest BCUT2D eigenvalue weighted by molar-refractivity contribution is -0.152. The maximum absolute atomic E-state index is 14.4. The van der Waals surface area contributed by atoms with Gasteiger partial charge in [0.25, 0.3) is 5.91 Å².